The fraction of sp³-hybridized carbons (Fsp3) is 1.00. The van der Waals surface area contributed by atoms with Crippen LogP contribution in [0.25, 0.3) is 0 Å². The van der Waals surface area contributed by atoms with Crippen molar-refractivity contribution in [2.45, 2.75) is 71.0 Å². The Bertz CT molecular complexity index is 401. The Balaban J connectivity index is 3.38. The molecule has 0 aromatic carbocycles. The van der Waals surface area contributed by atoms with E-state index in [2.05, 4.69) is 38.0 Å². The SMILES string of the molecule is CC(C)(C)[Si](C)(C)OCCCCCCOCCCOS(C)(=O)=O. The third-order valence-corrected chi connectivity index (χ3v) is 9.32. The molecule has 0 saturated carbocycles. The highest BCUT2D eigenvalue weighted by atomic mass is 32.2. The molecule has 0 saturated heterocycles. The summed E-state index contributed by atoms with van der Waals surface area (Å²) >= 11 is 0. The Labute approximate surface area is 144 Å². The maximum absolute atomic E-state index is 10.7. The summed E-state index contributed by atoms with van der Waals surface area (Å²) in [6.45, 7) is 13.7. The highest BCUT2D eigenvalue weighted by Gasteiger charge is 2.36. The predicted molar refractivity (Wildman–Crippen MR) is 97.8 cm³/mol. The van der Waals surface area contributed by atoms with Gasteiger partial charge in [0.25, 0.3) is 10.1 Å². The zero-order valence-corrected chi connectivity index (χ0v) is 17.6. The number of rotatable bonds is 13. The molecule has 0 aliphatic heterocycles. The first kappa shape index (κ1) is 23.0. The van der Waals surface area contributed by atoms with Gasteiger partial charge in [0.05, 0.1) is 12.9 Å². The fourth-order valence-electron chi connectivity index (χ4n) is 1.68. The van der Waals surface area contributed by atoms with Crippen LogP contribution in [-0.4, -0.2) is 49.4 Å². The Morgan fingerprint density at radius 2 is 1.35 bits per heavy atom. The van der Waals surface area contributed by atoms with Crippen LogP contribution in [-0.2, 0) is 23.5 Å². The van der Waals surface area contributed by atoms with E-state index in [4.69, 9.17) is 9.16 Å². The van der Waals surface area contributed by atoms with Gasteiger partial charge in [-0.1, -0.05) is 33.6 Å². The summed E-state index contributed by atoms with van der Waals surface area (Å²) in [5.41, 5.74) is 0. The van der Waals surface area contributed by atoms with Crippen LogP contribution >= 0.6 is 0 Å². The first-order valence-corrected chi connectivity index (χ1v) is 13.2. The summed E-state index contributed by atoms with van der Waals surface area (Å²) in [5, 5.41) is 0.279. The summed E-state index contributed by atoms with van der Waals surface area (Å²) in [7, 11) is -4.91. The summed E-state index contributed by atoms with van der Waals surface area (Å²) in [6, 6.07) is 0. The molecule has 0 N–H and O–H groups in total. The van der Waals surface area contributed by atoms with Crippen molar-refractivity contribution < 1.29 is 21.8 Å². The third kappa shape index (κ3) is 13.1. The molecule has 23 heavy (non-hydrogen) atoms. The summed E-state index contributed by atoms with van der Waals surface area (Å²) < 4.78 is 37.7. The molecular weight excluding hydrogens is 332 g/mol. The average molecular weight is 369 g/mol. The van der Waals surface area contributed by atoms with Gasteiger partial charge in [-0.2, -0.15) is 8.42 Å². The van der Waals surface area contributed by atoms with Gasteiger partial charge in [-0.3, -0.25) is 4.18 Å². The third-order valence-electron chi connectivity index (χ3n) is 4.18. The van der Waals surface area contributed by atoms with E-state index in [0.29, 0.717) is 13.0 Å². The molecule has 0 amide bonds. The lowest BCUT2D eigenvalue weighted by Gasteiger charge is -2.36. The van der Waals surface area contributed by atoms with Crippen molar-refractivity contribution in [1.82, 2.24) is 0 Å². The average Bonchev–Trinajstić information content (AvgIpc) is 2.37. The predicted octanol–water partition coefficient (Wildman–Crippen LogP) is 3.95. The van der Waals surface area contributed by atoms with Gasteiger partial charge in [0.2, 0.25) is 0 Å². The van der Waals surface area contributed by atoms with Gasteiger partial charge < -0.3 is 9.16 Å². The molecule has 0 bridgehead atoms. The fourth-order valence-corrected chi connectivity index (χ4v) is 3.19. The number of ether oxygens (including phenoxy) is 1. The van der Waals surface area contributed by atoms with E-state index in [1.54, 1.807) is 0 Å². The second-order valence-electron chi connectivity index (χ2n) is 7.52. The zero-order valence-electron chi connectivity index (χ0n) is 15.8. The van der Waals surface area contributed by atoms with E-state index in [0.717, 1.165) is 45.2 Å². The van der Waals surface area contributed by atoms with Gasteiger partial charge in [0.15, 0.2) is 8.32 Å². The summed E-state index contributed by atoms with van der Waals surface area (Å²) in [5.74, 6) is 0. The molecule has 7 heteroatoms. The monoisotopic (exact) mass is 368 g/mol. The summed E-state index contributed by atoms with van der Waals surface area (Å²) in [4.78, 5) is 0. The van der Waals surface area contributed by atoms with Crippen molar-refractivity contribution in [2.75, 3.05) is 32.7 Å². The van der Waals surface area contributed by atoms with Crippen molar-refractivity contribution in [1.29, 1.82) is 0 Å². The number of hydrogen-bond acceptors (Lipinski definition) is 5. The molecule has 0 aliphatic rings. The van der Waals surface area contributed by atoms with Gasteiger partial charge in [-0.05, 0) is 37.4 Å². The minimum absolute atomic E-state index is 0.198. The van der Waals surface area contributed by atoms with Gasteiger partial charge in [0, 0.05) is 19.8 Å². The Morgan fingerprint density at radius 3 is 1.87 bits per heavy atom. The molecular formula is C16H36O5SSi. The largest absolute Gasteiger partial charge is 0.417 e. The quantitative estimate of drug-likeness (QED) is 0.280. The Hall–Kier alpha value is 0.0469. The molecule has 0 aliphatic carbocycles. The molecule has 0 aromatic rings. The Kier molecular flexibility index (Phi) is 10.8. The van der Waals surface area contributed by atoms with E-state index in [1.165, 1.54) is 0 Å². The van der Waals surface area contributed by atoms with Crippen LogP contribution in [0.5, 0.6) is 0 Å². The van der Waals surface area contributed by atoms with Gasteiger partial charge in [-0.25, -0.2) is 0 Å². The normalized spacial score (nSPS) is 13.5. The number of unbranched alkanes of at least 4 members (excludes halogenated alkanes) is 3. The van der Waals surface area contributed by atoms with Crippen LogP contribution in [0.2, 0.25) is 18.1 Å². The maximum atomic E-state index is 10.7. The molecule has 0 atom stereocenters. The highest BCUT2D eigenvalue weighted by molar-refractivity contribution is 7.85. The lowest BCUT2D eigenvalue weighted by atomic mass is 10.2. The maximum Gasteiger partial charge on any atom is 0.264 e. The molecule has 5 nitrogen and oxygen atoms in total. The van der Waals surface area contributed by atoms with Gasteiger partial charge >= 0.3 is 0 Å². The minimum Gasteiger partial charge on any atom is -0.417 e. The number of hydrogen-bond donors (Lipinski definition) is 0. The van der Waals surface area contributed by atoms with Crippen molar-refractivity contribution in [3.63, 3.8) is 0 Å². The van der Waals surface area contributed by atoms with Crippen molar-refractivity contribution in [3.05, 3.63) is 0 Å². The zero-order chi connectivity index (χ0) is 18.0. The second-order valence-corrected chi connectivity index (χ2v) is 14.0. The van der Waals surface area contributed by atoms with E-state index in [-0.39, 0.29) is 11.6 Å². The van der Waals surface area contributed by atoms with Crippen LogP contribution in [0.1, 0.15) is 52.9 Å². The standard InChI is InChI=1S/C16H36O5SSi/c1-16(2,3)23(5,6)21-15-10-8-7-9-12-19-13-11-14-20-22(4,17)18/h7-15H2,1-6H3. The van der Waals surface area contributed by atoms with Gasteiger partial charge in [0.1, 0.15) is 0 Å². The van der Waals surface area contributed by atoms with E-state index >= 15 is 0 Å². The molecule has 0 unspecified atom stereocenters. The molecule has 0 fully saturated rings. The van der Waals surface area contributed by atoms with E-state index in [1.807, 2.05) is 0 Å². The van der Waals surface area contributed by atoms with Crippen molar-refractivity contribution >= 4 is 18.4 Å². The van der Waals surface area contributed by atoms with Crippen molar-refractivity contribution in [3.8, 4) is 0 Å². The summed E-state index contributed by atoms with van der Waals surface area (Å²) in [6.07, 6.45) is 6.10. The molecule has 0 rings (SSSR count). The highest BCUT2D eigenvalue weighted by Crippen LogP contribution is 2.36. The van der Waals surface area contributed by atoms with Crippen LogP contribution in [0.4, 0.5) is 0 Å². The lowest BCUT2D eigenvalue weighted by molar-refractivity contribution is 0.116. The molecule has 0 heterocycles. The van der Waals surface area contributed by atoms with Crippen LogP contribution in [0.15, 0.2) is 0 Å². The molecule has 0 spiro atoms. The Morgan fingerprint density at radius 1 is 0.826 bits per heavy atom. The molecule has 0 radical (unpaired) electrons. The second kappa shape index (κ2) is 10.8. The molecule has 140 valence electrons. The smallest absolute Gasteiger partial charge is 0.264 e. The van der Waals surface area contributed by atoms with Crippen molar-refractivity contribution in [2.24, 2.45) is 0 Å². The topological polar surface area (TPSA) is 61.8 Å². The van der Waals surface area contributed by atoms with Crippen LogP contribution in [0.3, 0.4) is 0 Å². The van der Waals surface area contributed by atoms with Crippen LogP contribution in [0, 0.1) is 0 Å². The lowest BCUT2D eigenvalue weighted by Crippen LogP contribution is -2.40. The first-order chi connectivity index (χ1) is 10.5. The first-order valence-electron chi connectivity index (χ1n) is 8.52. The van der Waals surface area contributed by atoms with Gasteiger partial charge in [-0.15, -0.1) is 0 Å². The minimum atomic E-state index is -3.32. The van der Waals surface area contributed by atoms with E-state index < -0.39 is 18.4 Å². The molecule has 0 aromatic heterocycles. The van der Waals surface area contributed by atoms with Crippen LogP contribution < -0.4 is 0 Å². The van der Waals surface area contributed by atoms with E-state index in [9.17, 15) is 8.42 Å².